The number of nitrogens with one attached hydrogen (secondary N) is 1. The number of nitrogens with two attached hydrogens (primary N) is 1. The lowest BCUT2D eigenvalue weighted by atomic mass is 9.88. The van der Waals surface area contributed by atoms with Crippen LogP contribution < -0.4 is 16.0 Å². The van der Waals surface area contributed by atoms with E-state index in [1.165, 1.54) is 19.3 Å². The summed E-state index contributed by atoms with van der Waals surface area (Å²) in [5.74, 6) is 7.05. The second kappa shape index (κ2) is 5.30. The third kappa shape index (κ3) is 2.50. The molecule has 0 spiro atoms. The molecule has 0 aliphatic heterocycles. The third-order valence-electron chi connectivity index (χ3n) is 3.70. The van der Waals surface area contributed by atoms with Crippen molar-refractivity contribution in [3.63, 3.8) is 0 Å². The fraction of sp³-hybridized carbons (Fsp3) is 0.538. The van der Waals surface area contributed by atoms with Crippen LogP contribution in [0.25, 0.3) is 10.2 Å². The quantitative estimate of drug-likeness (QED) is 0.667. The molecule has 0 radical (unpaired) electrons. The molecule has 1 fully saturated rings. The Morgan fingerprint density at radius 3 is 3.00 bits per heavy atom. The van der Waals surface area contributed by atoms with Gasteiger partial charge in [0.2, 0.25) is 11.8 Å². The molecule has 5 nitrogen and oxygen atoms in total. The number of fused-ring (bicyclic) bond motifs is 1. The summed E-state index contributed by atoms with van der Waals surface area (Å²) < 4.78 is 7.14. The van der Waals surface area contributed by atoms with Crippen molar-refractivity contribution in [1.29, 1.82) is 0 Å². The number of hydrogen-bond acceptors (Lipinski definition) is 6. The van der Waals surface area contributed by atoms with E-state index in [0.29, 0.717) is 17.7 Å². The lowest BCUT2D eigenvalue weighted by Gasteiger charge is -2.28. The molecular weight excluding hydrogens is 260 g/mol. The van der Waals surface area contributed by atoms with E-state index in [2.05, 4.69) is 22.3 Å². The largest absolute Gasteiger partial charge is 0.473 e. The fourth-order valence-electron chi connectivity index (χ4n) is 2.58. The number of thiophene rings is 1. The van der Waals surface area contributed by atoms with E-state index >= 15 is 0 Å². The molecule has 1 aliphatic rings. The van der Waals surface area contributed by atoms with Crippen molar-refractivity contribution in [2.75, 3.05) is 5.43 Å². The molecule has 2 unspecified atom stereocenters. The highest BCUT2D eigenvalue weighted by Gasteiger charge is 2.24. The fourth-order valence-corrected chi connectivity index (χ4v) is 3.34. The van der Waals surface area contributed by atoms with Gasteiger partial charge in [-0.2, -0.15) is 4.98 Å². The zero-order valence-corrected chi connectivity index (χ0v) is 11.7. The van der Waals surface area contributed by atoms with Crippen LogP contribution in [-0.2, 0) is 0 Å². The smallest absolute Gasteiger partial charge is 0.241 e. The van der Waals surface area contributed by atoms with E-state index in [9.17, 15) is 0 Å². The number of nitrogens with zero attached hydrogens (tertiary/aromatic N) is 2. The molecule has 3 rings (SSSR count). The molecule has 6 heteroatoms. The van der Waals surface area contributed by atoms with Gasteiger partial charge in [-0.15, -0.1) is 11.3 Å². The van der Waals surface area contributed by atoms with Gasteiger partial charge >= 0.3 is 0 Å². The van der Waals surface area contributed by atoms with E-state index in [-0.39, 0.29) is 6.10 Å². The van der Waals surface area contributed by atoms with Gasteiger partial charge in [0.05, 0.1) is 5.52 Å². The topological polar surface area (TPSA) is 73.1 Å². The molecule has 1 saturated carbocycles. The standard InChI is InChI=1S/C13H18N4OS/c1-8-4-2-3-5-10(8)18-12-11-9(6-7-19-11)15-13(16-12)17-14/h6-8,10H,2-5,14H2,1H3,(H,15,16,17). The Labute approximate surface area is 116 Å². The van der Waals surface area contributed by atoms with Crippen LogP contribution in [0.5, 0.6) is 5.88 Å². The second-order valence-electron chi connectivity index (χ2n) is 5.05. The Morgan fingerprint density at radius 2 is 2.21 bits per heavy atom. The summed E-state index contributed by atoms with van der Waals surface area (Å²) in [4.78, 5) is 8.67. The minimum absolute atomic E-state index is 0.250. The van der Waals surface area contributed by atoms with Crippen LogP contribution in [0.1, 0.15) is 32.6 Å². The van der Waals surface area contributed by atoms with Gasteiger partial charge in [0.25, 0.3) is 0 Å². The molecule has 2 atom stereocenters. The van der Waals surface area contributed by atoms with E-state index in [1.807, 2.05) is 11.4 Å². The van der Waals surface area contributed by atoms with Crippen LogP contribution >= 0.6 is 11.3 Å². The average molecular weight is 278 g/mol. The molecule has 0 saturated heterocycles. The molecule has 2 aromatic heterocycles. The second-order valence-corrected chi connectivity index (χ2v) is 5.97. The maximum atomic E-state index is 6.15. The summed E-state index contributed by atoms with van der Waals surface area (Å²) in [7, 11) is 0. The van der Waals surface area contributed by atoms with Crippen LogP contribution in [0.4, 0.5) is 5.95 Å². The molecular formula is C13H18N4OS. The Hall–Kier alpha value is -1.40. The zero-order chi connectivity index (χ0) is 13.2. The highest BCUT2D eigenvalue weighted by atomic mass is 32.1. The summed E-state index contributed by atoms with van der Waals surface area (Å²) >= 11 is 1.60. The van der Waals surface area contributed by atoms with Crippen LogP contribution in [0.2, 0.25) is 0 Å². The Bertz CT molecular complexity index is 571. The minimum Gasteiger partial charge on any atom is -0.473 e. The highest BCUT2D eigenvalue weighted by Crippen LogP contribution is 2.33. The normalized spacial score (nSPS) is 23.5. The van der Waals surface area contributed by atoms with Crippen molar-refractivity contribution in [3.05, 3.63) is 11.4 Å². The lowest BCUT2D eigenvalue weighted by molar-refractivity contribution is 0.0996. The van der Waals surface area contributed by atoms with Gasteiger partial charge in [-0.1, -0.05) is 13.3 Å². The van der Waals surface area contributed by atoms with Gasteiger partial charge in [-0.25, -0.2) is 10.8 Å². The van der Waals surface area contributed by atoms with Gasteiger partial charge < -0.3 is 4.74 Å². The number of anilines is 1. The van der Waals surface area contributed by atoms with Gasteiger partial charge in [0, 0.05) is 0 Å². The first-order valence-corrected chi connectivity index (χ1v) is 7.54. The van der Waals surface area contributed by atoms with Crippen molar-refractivity contribution >= 4 is 27.5 Å². The molecule has 102 valence electrons. The summed E-state index contributed by atoms with van der Waals surface area (Å²) in [5, 5.41) is 2.00. The molecule has 2 aromatic rings. The van der Waals surface area contributed by atoms with Crippen molar-refractivity contribution < 1.29 is 4.74 Å². The molecule has 19 heavy (non-hydrogen) atoms. The van der Waals surface area contributed by atoms with Crippen LogP contribution in [-0.4, -0.2) is 16.1 Å². The van der Waals surface area contributed by atoms with Crippen LogP contribution in [0, 0.1) is 5.92 Å². The maximum absolute atomic E-state index is 6.15. The van der Waals surface area contributed by atoms with Crippen molar-refractivity contribution in [3.8, 4) is 5.88 Å². The first-order valence-electron chi connectivity index (χ1n) is 6.66. The minimum atomic E-state index is 0.250. The van der Waals surface area contributed by atoms with Crippen molar-refractivity contribution in [2.24, 2.45) is 11.8 Å². The Balaban J connectivity index is 1.92. The van der Waals surface area contributed by atoms with Gasteiger partial charge in [0.1, 0.15) is 10.8 Å². The number of aromatic nitrogens is 2. The first kappa shape index (κ1) is 12.6. The number of ether oxygens (including phenoxy) is 1. The summed E-state index contributed by atoms with van der Waals surface area (Å²) in [6.45, 7) is 2.25. The van der Waals surface area contributed by atoms with Crippen LogP contribution in [0.3, 0.4) is 0 Å². The maximum Gasteiger partial charge on any atom is 0.241 e. The van der Waals surface area contributed by atoms with Crippen molar-refractivity contribution in [2.45, 2.75) is 38.7 Å². The summed E-state index contributed by atoms with van der Waals surface area (Å²) in [5.41, 5.74) is 3.38. The predicted octanol–water partition coefficient (Wildman–Crippen LogP) is 2.93. The third-order valence-corrected chi connectivity index (χ3v) is 4.59. The first-order chi connectivity index (χ1) is 9.28. The monoisotopic (exact) mass is 278 g/mol. The summed E-state index contributed by atoms with van der Waals surface area (Å²) in [6.07, 6.45) is 5.11. The molecule has 3 N–H and O–H groups in total. The van der Waals surface area contributed by atoms with E-state index in [0.717, 1.165) is 16.6 Å². The molecule has 1 aliphatic carbocycles. The van der Waals surface area contributed by atoms with E-state index in [1.54, 1.807) is 11.3 Å². The summed E-state index contributed by atoms with van der Waals surface area (Å²) in [6, 6.07) is 1.96. The van der Waals surface area contributed by atoms with Crippen molar-refractivity contribution in [1.82, 2.24) is 9.97 Å². The predicted molar refractivity (Wildman–Crippen MR) is 77.3 cm³/mol. The number of rotatable bonds is 3. The van der Waals surface area contributed by atoms with Gasteiger partial charge in [-0.05, 0) is 36.6 Å². The van der Waals surface area contributed by atoms with Gasteiger partial charge in [-0.3, -0.25) is 5.43 Å². The zero-order valence-electron chi connectivity index (χ0n) is 10.9. The number of nitrogen functional groups attached to an aromatic ring is 1. The SMILES string of the molecule is CC1CCCCC1Oc1nc(NN)nc2ccsc12. The number of hydrazine groups is 1. The molecule has 0 aromatic carbocycles. The van der Waals surface area contributed by atoms with Crippen LogP contribution in [0.15, 0.2) is 11.4 Å². The molecule has 0 amide bonds. The lowest BCUT2D eigenvalue weighted by Crippen LogP contribution is -2.28. The molecule has 0 bridgehead atoms. The Morgan fingerprint density at radius 1 is 1.37 bits per heavy atom. The molecule has 2 heterocycles. The van der Waals surface area contributed by atoms with Gasteiger partial charge in [0.15, 0.2) is 0 Å². The number of hydrogen-bond donors (Lipinski definition) is 2. The van der Waals surface area contributed by atoms with E-state index in [4.69, 9.17) is 10.6 Å². The Kier molecular flexibility index (Phi) is 3.52. The highest BCUT2D eigenvalue weighted by molar-refractivity contribution is 7.17. The average Bonchev–Trinajstić information content (AvgIpc) is 2.89. The van der Waals surface area contributed by atoms with E-state index < -0.39 is 0 Å².